The van der Waals surface area contributed by atoms with E-state index in [9.17, 15) is 9.59 Å². The highest BCUT2D eigenvalue weighted by atomic mass is 16.2. The van der Waals surface area contributed by atoms with Gasteiger partial charge in [0.25, 0.3) is 0 Å². The normalized spacial score (nSPS) is 12.2. The molecule has 0 aromatic heterocycles. The first-order valence-corrected chi connectivity index (χ1v) is 12.2. The molecule has 2 amide bonds. The highest BCUT2D eigenvalue weighted by Crippen LogP contribution is 2.18. The first-order valence-electron chi connectivity index (χ1n) is 12.2. The van der Waals surface area contributed by atoms with Crippen molar-refractivity contribution in [1.29, 1.82) is 0 Å². The molecule has 0 aliphatic rings. The minimum Gasteiger partial charge on any atom is -0.338 e. The second-order valence-electron chi connectivity index (χ2n) is 8.28. The summed E-state index contributed by atoms with van der Waals surface area (Å²) in [6.45, 7) is 9.01. The van der Waals surface area contributed by atoms with E-state index in [1.807, 2.05) is 0 Å². The van der Waals surface area contributed by atoms with Crippen LogP contribution in [0.4, 0.5) is 0 Å². The van der Waals surface area contributed by atoms with Crippen molar-refractivity contribution in [2.24, 2.45) is 11.8 Å². The van der Waals surface area contributed by atoms with Crippen LogP contribution < -0.4 is 10.6 Å². The minimum atomic E-state index is 0.0910. The number of nitrogens with one attached hydrogen (secondary N) is 2. The SMILES string of the molecule is CCCCCC(CCCC)C(=O)NCNC(=O)C(CCCCC)CCCCC. The predicted molar refractivity (Wildman–Crippen MR) is 120 cm³/mol. The van der Waals surface area contributed by atoms with Crippen molar-refractivity contribution in [3.05, 3.63) is 0 Å². The van der Waals surface area contributed by atoms with E-state index in [2.05, 4.69) is 38.3 Å². The monoisotopic (exact) mass is 396 g/mol. The van der Waals surface area contributed by atoms with Crippen LogP contribution in [0.3, 0.4) is 0 Å². The lowest BCUT2D eigenvalue weighted by molar-refractivity contribution is -0.127. The molecule has 0 aliphatic carbocycles. The molecule has 0 rings (SSSR count). The van der Waals surface area contributed by atoms with Gasteiger partial charge in [-0.1, -0.05) is 98.3 Å². The smallest absolute Gasteiger partial charge is 0.224 e. The molecule has 4 nitrogen and oxygen atoms in total. The Morgan fingerprint density at radius 3 is 1.18 bits per heavy atom. The third-order valence-electron chi connectivity index (χ3n) is 5.64. The van der Waals surface area contributed by atoms with E-state index in [0.29, 0.717) is 0 Å². The highest BCUT2D eigenvalue weighted by molar-refractivity contribution is 5.81. The maximum atomic E-state index is 12.6. The molecule has 28 heavy (non-hydrogen) atoms. The molecule has 0 spiro atoms. The lowest BCUT2D eigenvalue weighted by Gasteiger charge is -2.19. The summed E-state index contributed by atoms with van der Waals surface area (Å²) in [6.07, 6.45) is 16.5. The van der Waals surface area contributed by atoms with Crippen molar-refractivity contribution < 1.29 is 9.59 Å². The van der Waals surface area contributed by atoms with E-state index < -0.39 is 0 Å². The lowest BCUT2D eigenvalue weighted by Crippen LogP contribution is -2.42. The molecule has 0 heterocycles. The van der Waals surface area contributed by atoms with E-state index in [1.165, 1.54) is 38.5 Å². The summed E-state index contributed by atoms with van der Waals surface area (Å²) in [7, 11) is 0. The van der Waals surface area contributed by atoms with Crippen LogP contribution in [-0.2, 0) is 9.59 Å². The van der Waals surface area contributed by atoms with Gasteiger partial charge in [0.15, 0.2) is 0 Å². The second kappa shape index (κ2) is 19.3. The topological polar surface area (TPSA) is 58.2 Å². The Balaban J connectivity index is 4.40. The number of carbonyl (C=O) groups excluding carboxylic acids is 2. The molecular formula is C24H48N2O2. The average Bonchev–Trinajstić information content (AvgIpc) is 2.69. The molecule has 166 valence electrons. The van der Waals surface area contributed by atoms with Crippen molar-refractivity contribution in [2.75, 3.05) is 6.67 Å². The number of amides is 2. The average molecular weight is 397 g/mol. The van der Waals surface area contributed by atoms with Crippen LogP contribution in [0.25, 0.3) is 0 Å². The number of unbranched alkanes of at least 4 members (excludes halogenated alkanes) is 7. The zero-order valence-electron chi connectivity index (χ0n) is 19.3. The summed E-state index contributed by atoms with van der Waals surface area (Å²) in [5.41, 5.74) is 0. The van der Waals surface area contributed by atoms with Gasteiger partial charge in [-0.2, -0.15) is 0 Å². The summed E-state index contributed by atoms with van der Waals surface area (Å²) in [4.78, 5) is 25.2. The molecule has 0 fully saturated rings. The van der Waals surface area contributed by atoms with Gasteiger partial charge in [-0.25, -0.2) is 0 Å². The molecular weight excluding hydrogens is 348 g/mol. The van der Waals surface area contributed by atoms with Crippen molar-refractivity contribution in [1.82, 2.24) is 10.6 Å². The molecule has 1 atom stereocenters. The molecule has 0 saturated heterocycles. The van der Waals surface area contributed by atoms with Gasteiger partial charge in [-0.05, 0) is 25.7 Å². The largest absolute Gasteiger partial charge is 0.338 e. The standard InChI is InChI=1S/C24H48N2O2/c1-5-9-13-17-21(16-12-8-4)23(27)25-20-26-24(28)22(18-14-10-6-2)19-15-11-7-3/h21-22H,5-20H2,1-4H3,(H,25,27)(H,26,28). The number of hydrogen-bond acceptors (Lipinski definition) is 2. The van der Waals surface area contributed by atoms with Crippen LogP contribution in [0.15, 0.2) is 0 Å². The summed E-state index contributed by atoms with van der Waals surface area (Å²) in [6, 6.07) is 0. The number of rotatable bonds is 19. The van der Waals surface area contributed by atoms with E-state index in [1.54, 1.807) is 0 Å². The molecule has 2 N–H and O–H groups in total. The first-order chi connectivity index (χ1) is 13.6. The Bertz CT molecular complexity index is 375. The van der Waals surface area contributed by atoms with Crippen molar-refractivity contribution in [3.8, 4) is 0 Å². The van der Waals surface area contributed by atoms with Gasteiger partial charge in [0.1, 0.15) is 0 Å². The van der Waals surface area contributed by atoms with Crippen molar-refractivity contribution >= 4 is 11.8 Å². The fourth-order valence-electron chi connectivity index (χ4n) is 3.69. The quantitative estimate of drug-likeness (QED) is 0.198. The number of hydrogen-bond donors (Lipinski definition) is 2. The van der Waals surface area contributed by atoms with Gasteiger partial charge in [0.05, 0.1) is 6.67 Å². The zero-order valence-corrected chi connectivity index (χ0v) is 19.3. The van der Waals surface area contributed by atoms with E-state index in [-0.39, 0.29) is 30.3 Å². The van der Waals surface area contributed by atoms with Gasteiger partial charge >= 0.3 is 0 Å². The van der Waals surface area contributed by atoms with E-state index in [4.69, 9.17) is 0 Å². The van der Waals surface area contributed by atoms with Crippen LogP contribution in [0.5, 0.6) is 0 Å². The van der Waals surface area contributed by atoms with Gasteiger partial charge in [0.2, 0.25) is 11.8 Å². The van der Waals surface area contributed by atoms with Crippen LogP contribution in [0.1, 0.15) is 124 Å². The maximum absolute atomic E-state index is 12.6. The van der Waals surface area contributed by atoms with Crippen LogP contribution in [-0.4, -0.2) is 18.5 Å². The molecule has 0 saturated carbocycles. The van der Waals surface area contributed by atoms with Crippen molar-refractivity contribution in [3.63, 3.8) is 0 Å². The van der Waals surface area contributed by atoms with Crippen LogP contribution >= 0.6 is 0 Å². The predicted octanol–water partition coefficient (Wildman–Crippen LogP) is 6.34. The molecule has 4 heteroatoms. The molecule has 1 unspecified atom stereocenters. The summed E-state index contributed by atoms with van der Waals surface area (Å²) in [5.74, 6) is 0.408. The Hall–Kier alpha value is -1.06. The van der Waals surface area contributed by atoms with Crippen molar-refractivity contribution in [2.45, 2.75) is 124 Å². The fraction of sp³-hybridized carbons (Fsp3) is 0.917. The minimum absolute atomic E-state index is 0.0910. The Morgan fingerprint density at radius 1 is 0.536 bits per heavy atom. The van der Waals surface area contributed by atoms with Crippen LogP contribution in [0, 0.1) is 11.8 Å². The molecule has 0 aromatic rings. The van der Waals surface area contributed by atoms with E-state index >= 15 is 0 Å². The maximum Gasteiger partial charge on any atom is 0.224 e. The number of carbonyl (C=O) groups is 2. The fourth-order valence-corrected chi connectivity index (χ4v) is 3.69. The van der Waals surface area contributed by atoms with Crippen LogP contribution in [0.2, 0.25) is 0 Å². The molecule has 0 aromatic carbocycles. The second-order valence-corrected chi connectivity index (χ2v) is 8.28. The third-order valence-corrected chi connectivity index (χ3v) is 5.64. The van der Waals surface area contributed by atoms with Gasteiger partial charge < -0.3 is 10.6 Å². The Labute approximate surface area is 175 Å². The summed E-state index contributed by atoms with van der Waals surface area (Å²) >= 11 is 0. The van der Waals surface area contributed by atoms with Gasteiger partial charge in [-0.15, -0.1) is 0 Å². The molecule has 0 radical (unpaired) electrons. The Morgan fingerprint density at radius 2 is 0.857 bits per heavy atom. The van der Waals surface area contributed by atoms with E-state index in [0.717, 1.165) is 57.8 Å². The van der Waals surface area contributed by atoms with Gasteiger partial charge in [-0.3, -0.25) is 9.59 Å². The molecule has 0 bridgehead atoms. The van der Waals surface area contributed by atoms with Gasteiger partial charge in [0, 0.05) is 11.8 Å². The summed E-state index contributed by atoms with van der Waals surface area (Å²) < 4.78 is 0. The zero-order chi connectivity index (χ0) is 21.0. The summed E-state index contributed by atoms with van der Waals surface area (Å²) in [5, 5.41) is 5.94. The molecule has 0 aliphatic heterocycles. The first kappa shape index (κ1) is 26.9. The lowest BCUT2D eigenvalue weighted by atomic mass is 9.94. The third kappa shape index (κ3) is 14.0. The Kier molecular flexibility index (Phi) is 18.5. The highest BCUT2D eigenvalue weighted by Gasteiger charge is 2.19.